The molecule has 2 atom stereocenters. The minimum atomic E-state index is -0.0335. The van der Waals surface area contributed by atoms with Gasteiger partial charge in [0.05, 0.1) is 12.7 Å². The van der Waals surface area contributed by atoms with E-state index in [0.717, 1.165) is 18.7 Å². The Bertz CT molecular complexity index is 266. The van der Waals surface area contributed by atoms with Gasteiger partial charge in [0.1, 0.15) is 6.10 Å². The molecule has 0 aliphatic carbocycles. The lowest BCUT2D eigenvalue weighted by molar-refractivity contribution is 0.00731. The molecule has 1 aromatic rings. The van der Waals surface area contributed by atoms with Crippen LogP contribution in [0, 0.1) is 0 Å². The van der Waals surface area contributed by atoms with Crippen LogP contribution in [0.2, 0.25) is 0 Å². The standard InChI is InChI=1S/C9H12N2O2/c12-6-7-2-3-8(13-7)9-10-4-1-5-11-9/h1,4-5,7-8,12H,2-3,6H2/t7-,8?/m0/s1. The summed E-state index contributed by atoms with van der Waals surface area (Å²) in [5.74, 6) is 0.721. The van der Waals surface area contributed by atoms with E-state index >= 15 is 0 Å². The fourth-order valence-electron chi connectivity index (χ4n) is 1.51. The summed E-state index contributed by atoms with van der Waals surface area (Å²) < 4.78 is 5.52. The molecule has 13 heavy (non-hydrogen) atoms. The number of hydrogen-bond acceptors (Lipinski definition) is 4. The summed E-state index contributed by atoms with van der Waals surface area (Å²) in [6.07, 6.45) is 5.14. The first-order valence-corrected chi connectivity index (χ1v) is 4.43. The summed E-state index contributed by atoms with van der Waals surface area (Å²) in [5, 5.41) is 8.86. The molecule has 1 N–H and O–H groups in total. The van der Waals surface area contributed by atoms with Gasteiger partial charge in [-0.1, -0.05) is 0 Å². The summed E-state index contributed by atoms with van der Waals surface area (Å²) in [7, 11) is 0. The molecule has 1 aromatic heterocycles. The normalized spacial score (nSPS) is 27.8. The highest BCUT2D eigenvalue weighted by Crippen LogP contribution is 2.29. The van der Waals surface area contributed by atoms with Crippen LogP contribution in [0.3, 0.4) is 0 Å². The molecule has 0 aromatic carbocycles. The Hall–Kier alpha value is -1.00. The second-order valence-electron chi connectivity index (χ2n) is 3.11. The van der Waals surface area contributed by atoms with Crippen LogP contribution in [0.1, 0.15) is 24.8 Å². The number of aromatic nitrogens is 2. The zero-order valence-corrected chi connectivity index (χ0v) is 7.26. The van der Waals surface area contributed by atoms with Gasteiger partial charge in [-0.3, -0.25) is 0 Å². The average molecular weight is 180 g/mol. The van der Waals surface area contributed by atoms with Gasteiger partial charge in [-0.05, 0) is 18.9 Å². The molecule has 1 aliphatic heterocycles. The number of rotatable bonds is 2. The highest BCUT2D eigenvalue weighted by Gasteiger charge is 2.27. The zero-order valence-electron chi connectivity index (χ0n) is 7.26. The summed E-state index contributed by atoms with van der Waals surface area (Å²) in [6, 6.07) is 1.78. The van der Waals surface area contributed by atoms with E-state index in [4.69, 9.17) is 9.84 Å². The number of aliphatic hydroxyl groups excluding tert-OH is 1. The second kappa shape index (κ2) is 3.81. The third-order valence-electron chi connectivity index (χ3n) is 2.18. The van der Waals surface area contributed by atoms with Crippen LogP contribution in [0.15, 0.2) is 18.5 Å². The molecule has 2 heterocycles. The van der Waals surface area contributed by atoms with Crippen molar-refractivity contribution in [3.8, 4) is 0 Å². The van der Waals surface area contributed by atoms with Crippen molar-refractivity contribution in [2.75, 3.05) is 6.61 Å². The van der Waals surface area contributed by atoms with Crippen LogP contribution in [0.5, 0.6) is 0 Å². The van der Waals surface area contributed by atoms with E-state index < -0.39 is 0 Å². The van der Waals surface area contributed by atoms with E-state index in [0.29, 0.717) is 0 Å². The van der Waals surface area contributed by atoms with Crippen LogP contribution in [-0.2, 0) is 4.74 Å². The highest BCUT2D eigenvalue weighted by molar-refractivity contribution is 4.95. The molecule has 0 bridgehead atoms. The number of hydrogen-bond donors (Lipinski definition) is 1. The van der Waals surface area contributed by atoms with Crippen molar-refractivity contribution >= 4 is 0 Å². The fourth-order valence-corrected chi connectivity index (χ4v) is 1.51. The van der Waals surface area contributed by atoms with Crippen LogP contribution in [0.4, 0.5) is 0 Å². The van der Waals surface area contributed by atoms with Gasteiger partial charge in [0.2, 0.25) is 0 Å². The monoisotopic (exact) mass is 180 g/mol. The molecule has 1 saturated heterocycles. The van der Waals surface area contributed by atoms with Crippen molar-refractivity contribution in [2.24, 2.45) is 0 Å². The molecular weight excluding hydrogens is 168 g/mol. The minimum Gasteiger partial charge on any atom is -0.394 e. The van der Waals surface area contributed by atoms with Crippen LogP contribution in [0.25, 0.3) is 0 Å². The van der Waals surface area contributed by atoms with Gasteiger partial charge in [-0.15, -0.1) is 0 Å². The Morgan fingerprint density at radius 1 is 1.38 bits per heavy atom. The van der Waals surface area contributed by atoms with E-state index in [2.05, 4.69) is 9.97 Å². The summed E-state index contributed by atoms with van der Waals surface area (Å²) in [6.45, 7) is 0.0866. The minimum absolute atomic E-state index is 0.0293. The molecule has 4 heteroatoms. The van der Waals surface area contributed by atoms with Crippen molar-refractivity contribution in [1.82, 2.24) is 9.97 Å². The summed E-state index contributed by atoms with van der Waals surface area (Å²) in [4.78, 5) is 8.22. The maximum absolute atomic E-state index is 8.86. The number of aliphatic hydroxyl groups is 1. The molecule has 1 fully saturated rings. The maximum atomic E-state index is 8.86. The third kappa shape index (κ3) is 1.84. The Morgan fingerprint density at radius 2 is 2.15 bits per heavy atom. The number of ether oxygens (including phenoxy) is 1. The van der Waals surface area contributed by atoms with E-state index in [9.17, 15) is 0 Å². The van der Waals surface area contributed by atoms with Gasteiger partial charge in [0, 0.05) is 12.4 Å². The van der Waals surface area contributed by atoms with Gasteiger partial charge >= 0.3 is 0 Å². The lowest BCUT2D eigenvalue weighted by Gasteiger charge is -2.09. The van der Waals surface area contributed by atoms with Crippen molar-refractivity contribution in [1.29, 1.82) is 0 Å². The summed E-state index contributed by atoms with van der Waals surface area (Å²) >= 11 is 0. The predicted molar refractivity (Wildman–Crippen MR) is 46.0 cm³/mol. The lowest BCUT2D eigenvalue weighted by atomic mass is 10.2. The van der Waals surface area contributed by atoms with Gasteiger partial charge in [-0.2, -0.15) is 0 Å². The topological polar surface area (TPSA) is 55.2 Å². The molecular formula is C9H12N2O2. The van der Waals surface area contributed by atoms with Crippen molar-refractivity contribution < 1.29 is 9.84 Å². The maximum Gasteiger partial charge on any atom is 0.157 e. The van der Waals surface area contributed by atoms with E-state index in [1.807, 2.05) is 0 Å². The molecule has 0 radical (unpaired) electrons. The first-order chi connectivity index (χ1) is 6.40. The molecule has 1 unspecified atom stereocenters. The first kappa shape index (κ1) is 8.59. The van der Waals surface area contributed by atoms with E-state index in [1.165, 1.54) is 0 Å². The van der Waals surface area contributed by atoms with Gasteiger partial charge in [0.25, 0.3) is 0 Å². The third-order valence-corrected chi connectivity index (χ3v) is 2.18. The smallest absolute Gasteiger partial charge is 0.157 e. The van der Waals surface area contributed by atoms with Crippen LogP contribution < -0.4 is 0 Å². The molecule has 1 aliphatic rings. The Morgan fingerprint density at radius 3 is 2.77 bits per heavy atom. The van der Waals surface area contributed by atoms with E-state index in [-0.39, 0.29) is 18.8 Å². The molecule has 0 saturated carbocycles. The Labute approximate surface area is 76.6 Å². The van der Waals surface area contributed by atoms with Gasteiger partial charge in [0.15, 0.2) is 5.82 Å². The Balaban J connectivity index is 2.04. The predicted octanol–water partition coefficient (Wildman–Crippen LogP) is 0.689. The zero-order chi connectivity index (χ0) is 9.10. The van der Waals surface area contributed by atoms with Gasteiger partial charge in [-0.25, -0.2) is 9.97 Å². The van der Waals surface area contributed by atoms with Crippen molar-refractivity contribution in [2.45, 2.75) is 25.0 Å². The van der Waals surface area contributed by atoms with Crippen molar-refractivity contribution in [3.63, 3.8) is 0 Å². The molecule has 4 nitrogen and oxygen atoms in total. The Kier molecular flexibility index (Phi) is 2.52. The average Bonchev–Trinajstić information content (AvgIpc) is 2.67. The largest absolute Gasteiger partial charge is 0.394 e. The van der Waals surface area contributed by atoms with Crippen LogP contribution >= 0.6 is 0 Å². The molecule has 70 valence electrons. The highest BCUT2D eigenvalue weighted by atomic mass is 16.5. The van der Waals surface area contributed by atoms with Crippen LogP contribution in [-0.4, -0.2) is 27.8 Å². The van der Waals surface area contributed by atoms with Crippen molar-refractivity contribution in [3.05, 3.63) is 24.3 Å². The molecule has 2 rings (SSSR count). The van der Waals surface area contributed by atoms with Gasteiger partial charge < -0.3 is 9.84 Å². The summed E-state index contributed by atoms with van der Waals surface area (Å²) in [5.41, 5.74) is 0. The fraction of sp³-hybridized carbons (Fsp3) is 0.556. The number of nitrogens with zero attached hydrogens (tertiary/aromatic N) is 2. The quantitative estimate of drug-likeness (QED) is 0.727. The molecule has 0 amide bonds. The first-order valence-electron chi connectivity index (χ1n) is 4.43. The lowest BCUT2D eigenvalue weighted by Crippen LogP contribution is -2.12. The van der Waals surface area contributed by atoms with E-state index in [1.54, 1.807) is 18.5 Å². The molecule has 0 spiro atoms. The second-order valence-corrected chi connectivity index (χ2v) is 3.11. The SMILES string of the molecule is OC[C@@H]1CCC(c2ncccn2)O1.